The van der Waals surface area contributed by atoms with Gasteiger partial charge in [-0.25, -0.2) is 4.79 Å². The fourth-order valence-corrected chi connectivity index (χ4v) is 4.11. The molecule has 9 heteroatoms. The van der Waals surface area contributed by atoms with Crippen LogP contribution in [0.15, 0.2) is 24.3 Å². The minimum absolute atomic E-state index is 0.00706. The Bertz CT molecular complexity index is 847. The Hall–Kier alpha value is -2.52. The minimum atomic E-state index is -2.00. The highest BCUT2D eigenvalue weighted by atomic mass is 28.4. The summed E-state index contributed by atoms with van der Waals surface area (Å²) in [6.07, 6.45) is -0.714. The van der Waals surface area contributed by atoms with E-state index >= 15 is 0 Å². The summed E-state index contributed by atoms with van der Waals surface area (Å²) >= 11 is 0. The number of ether oxygens (including phenoxy) is 1. The summed E-state index contributed by atoms with van der Waals surface area (Å²) in [4.78, 5) is 26.2. The largest absolute Gasteiger partial charge is 0.504 e. The van der Waals surface area contributed by atoms with Crippen molar-refractivity contribution in [2.45, 2.75) is 51.4 Å². The molecule has 0 spiro atoms. The van der Waals surface area contributed by atoms with Crippen LogP contribution >= 0.6 is 0 Å². The number of anilines is 1. The molecule has 3 N–H and O–H groups in total. The third-order valence-electron chi connectivity index (χ3n) is 5.85. The van der Waals surface area contributed by atoms with Crippen LogP contribution in [-0.4, -0.2) is 61.7 Å². The van der Waals surface area contributed by atoms with E-state index in [1.54, 1.807) is 4.90 Å². The molecule has 0 bridgehead atoms. The maximum absolute atomic E-state index is 13.4. The molecule has 0 saturated carbocycles. The van der Waals surface area contributed by atoms with Crippen molar-refractivity contribution in [3.05, 3.63) is 29.8 Å². The van der Waals surface area contributed by atoms with Gasteiger partial charge in [0, 0.05) is 12.6 Å². The molecule has 1 atom stereocenters. The molecule has 1 fully saturated rings. The predicted octanol–water partition coefficient (Wildman–Crippen LogP) is 4.28. The van der Waals surface area contributed by atoms with Gasteiger partial charge in [-0.2, -0.15) is 0 Å². The van der Waals surface area contributed by atoms with E-state index in [0.717, 1.165) is 5.57 Å². The van der Waals surface area contributed by atoms with Gasteiger partial charge in [0.05, 0.1) is 31.0 Å². The summed E-state index contributed by atoms with van der Waals surface area (Å²) in [5.74, 6) is -0.553. The number of likely N-dealkylation sites (tertiary alicyclic amines) is 1. The van der Waals surface area contributed by atoms with Gasteiger partial charge < -0.3 is 24.3 Å². The summed E-state index contributed by atoms with van der Waals surface area (Å²) in [5, 5.41) is 21.3. The molecule has 1 saturated heterocycles. The van der Waals surface area contributed by atoms with Crippen molar-refractivity contribution in [3.63, 3.8) is 0 Å². The zero-order chi connectivity index (χ0) is 22.9. The van der Waals surface area contributed by atoms with Gasteiger partial charge in [-0.05, 0) is 30.6 Å². The van der Waals surface area contributed by atoms with Crippen molar-refractivity contribution >= 4 is 26.0 Å². The highest BCUT2D eigenvalue weighted by Gasteiger charge is 2.40. The van der Waals surface area contributed by atoms with E-state index in [2.05, 4.69) is 45.8 Å². The van der Waals surface area contributed by atoms with Crippen molar-refractivity contribution in [3.8, 4) is 11.5 Å². The van der Waals surface area contributed by atoms with Crippen LogP contribution < -0.4 is 10.1 Å². The molecule has 1 aliphatic heterocycles. The van der Waals surface area contributed by atoms with Crippen LogP contribution in [0.25, 0.3) is 0 Å². The van der Waals surface area contributed by atoms with Gasteiger partial charge in [0.15, 0.2) is 19.8 Å². The molecule has 0 radical (unpaired) electrons. The Morgan fingerprint density at radius 2 is 1.97 bits per heavy atom. The second kappa shape index (κ2) is 8.69. The number of carbonyl (C=O) groups is 2. The lowest BCUT2D eigenvalue weighted by Gasteiger charge is -2.38. The summed E-state index contributed by atoms with van der Waals surface area (Å²) in [5.41, 5.74) is 0.997. The zero-order valence-corrected chi connectivity index (χ0v) is 19.5. The zero-order valence-electron chi connectivity index (χ0n) is 18.5. The maximum atomic E-state index is 13.4. The smallest absolute Gasteiger partial charge is 0.409 e. The molecule has 0 aromatic heterocycles. The second-order valence-corrected chi connectivity index (χ2v) is 13.9. The number of nitrogens with one attached hydrogen (secondary N) is 1. The quantitative estimate of drug-likeness (QED) is 0.454. The van der Waals surface area contributed by atoms with Gasteiger partial charge in [-0.3, -0.25) is 10.1 Å². The molecule has 1 unspecified atom stereocenters. The summed E-state index contributed by atoms with van der Waals surface area (Å²) in [6, 6.07) is 2.32. The Morgan fingerprint density at radius 3 is 2.50 bits per heavy atom. The number of phenols is 1. The van der Waals surface area contributed by atoms with Crippen LogP contribution in [-0.2, 0) is 4.43 Å². The average molecular weight is 437 g/mol. The number of nitrogens with zero attached hydrogens (tertiary/aromatic N) is 1. The van der Waals surface area contributed by atoms with Gasteiger partial charge in [-0.15, -0.1) is 0 Å². The third kappa shape index (κ3) is 5.14. The molecule has 0 aliphatic carbocycles. The molecular formula is C21H32N2O6Si. The summed E-state index contributed by atoms with van der Waals surface area (Å²) in [6.45, 7) is 15.6. The van der Waals surface area contributed by atoms with E-state index in [4.69, 9.17) is 14.3 Å². The molecular weight excluding hydrogens is 404 g/mol. The first-order valence-electron chi connectivity index (χ1n) is 9.79. The van der Waals surface area contributed by atoms with Gasteiger partial charge >= 0.3 is 6.09 Å². The topological polar surface area (TPSA) is 108 Å². The van der Waals surface area contributed by atoms with Crippen molar-refractivity contribution in [2.75, 3.05) is 25.6 Å². The molecule has 2 amide bonds. The average Bonchev–Trinajstić information content (AvgIpc) is 2.99. The number of carbonyl (C=O) groups excluding carboxylic acids is 1. The van der Waals surface area contributed by atoms with E-state index < -0.39 is 14.4 Å². The van der Waals surface area contributed by atoms with E-state index in [1.807, 2.05) is 0 Å². The predicted molar refractivity (Wildman–Crippen MR) is 118 cm³/mol. The second-order valence-electron chi connectivity index (χ2n) is 9.11. The van der Waals surface area contributed by atoms with Crippen LogP contribution in [0.5, 0.6) is 11.5 Å². The first kappa shape index (κ1) is 23.8. The van der Waals surface area contributed by atoms with E-state index in [1.165, 1.54) is 19.2 Å². The SMILES string of the molecule is C=C1CC(CO[Si](C)(C)C(C)(C)C)N(C(=O)c2cc(OC)c(O)cc2NC(=O)O)C1. The number of methoxy groups -OCH3 is 1. The van der Waals surface area contributed by atoms with Crippen molar-refractivity contribution in [2.24, 2.45) is 0 Å². The first-order chi connectivity index (χ1) is 13.8. The normalized spacial score (nSPS) is 17.2. The monoisotopic (exact) mass is 436 g/mol. The van der Waals surface area contributed by atoms with Gasteiger partial charge in [0.2, 0.25) is 0 Å². The van der Waals surface area contributed by atoms with Gasteiger partial charge in [0.1, 0.15) is 0 Å². The number of rotatable bonds is 6. The van der Waals surface area contributed by atoms with Gasteiger partial charge in [-0.1, -0.05) is 32.9 Å². The lowest BCUT2D eigenvalue weighted by atomic mass is 10.1. The van der Waals surface area contributed by atoms with Gasteiger partial charge in [0.25, 0.3) is 5.91 Å². The van der Waals surface area contributed by atoms with Crippen molar-refractivity contribution < 1.29 is 29.0 Å². The van der Waals surface area contributed by atoms with Crippen LogP contribution in [0.3, 0.4) is 0 Å². The molecule has 30 heavy (non-hydrogen) atoms. The van der Waals surface area contributed by atoms with E-state index in [0.29, 0.717) is 19.6 Å². The first-order valence-corrected chi connectivity index (χ1v) is 12.7. The highest BCUT2D eigenvalue weighted by Crippen LogP contribution is 2.38. The number of phenolic OH excluding ortho intramolecular Hbond substituents is 1. The summed E-state index contributed by atoms with van der Waals surface area (Å²) in [7, 11) is -0.641. The molecule has 1 aromatic carbocycles. The molecule has 1 aliphatic rings. The van der Waals surface area contributed by atoms with Crippen molar-refractivity contribution in [1.82, 2.24) is 4.90 Å². The van der Waals surface area contributed by atoms with Crippen LogP contribution in [0, 0.1) is 0 Å². The summed E-state index contributed by atoms with van der Waals surface area (Å²) < 4.78 is 11.4. The lowest BCUT2D eigenvalue weighted by Crippen LogP contribution is -2.46. The maximum Gasteiger partial charge on any atom is 0.409 e. The number of amides is 2. The molecule has 2 rings (SSSR count). The number of hydrogen-bond donors (Lipinski definition) is 3. The molecule has 1 aromatic rings. The number of aromatic hydroxyl groups is 1. The van der Waals surface area contributed by atoms with E-state index in [-0.39, 0.29) is 39.7 Å². The number of carboxylic acid groups (broad SMARTS) is 1. The Morgan fingerprint density at radius 1 is 1.33 bits per heavy atom. The molecule has 1 heterocycles. The standard InChI is InChI=1S/C21H32N2O6Si/c1-13-8-14(12-29-30(6,7)21(2,3)4)23(11-13)19(25)15-9-18(28-5)17(24)10-16(15)22-20(26)27/h9-10,14,22,24H,1,8,11-12H2,2-7H3,(H,26,27). The van der Waals surface area contributed by atoms with E-state index in [9.17, 15) is 14.7 Å². The minimum Gasteiger partial charge on any atom is -0.504 e. The highest BCUT2D eigenvalue weighted by molar-refractivity contribution is 6.74. The van der Waals surface area contributed by atoms with Crippen molar-refractivity contribution in [1.29, 1.82) is 0 Å². The van der Waals surface area contributed by atoms with Crippen LogP contribution in [0.4, 0.5) is 10.5 Å². The molecule has 8 nitrogen and oxygen atoms in total. The Balaban J connectivity index is 2.33. The molecule has 166 valence electrons. The van der Waals surface area contributed by atoms with Crippen LogP contribution in [0.1, 0.15) is 37.6 Å². The third-order valence-corrected chi connectivity index (χ3v) is 10.4. The van der Waals surface area contributed by atoms with Crippen LogP contribution in [0.2, 0.25) is 18.1 Å². The lowest BCUT2D eigenvalue weighted by molar-refractivity contribution is 0.0686. The fraction of sp³-hybridized carbons (Fsp3) is 0.524. The number of hydrogen-bond acceptors (Lipinski definition) is 5. The number of benzene rings is 1. The fourth-order valence-electron chi connectivity index (χ4n) is 3.07. The Labute approximate surface area is 178 Å². The Kier molecular flexibility index (Phi) is 6.88.